The zero-order valence-corrected chi connectivity index (χ0v) is 7.54. The van der Waals surface area contributed by atoms with Crippen LogP contribution in [0.5, 0.6) is 0 Å². The van der Waals surface area contributed by atoms with Crippen molar-refractivity contribution in [3.8, 4) is 0 Å². The van der Waals surface area contributed by atoms with Gasteiger partial charge in [-0.2, -0.15) is 0 Å². The van der Waals surface area contributed by atoms with Crippen molar-refractivity contribution in [1.82, 2.24) is 0 Å². The lowest BCUT2D eigenvalue weighted by molar-refractivity contribution is 0.648. The highest BCUT2D eigenvalue weighted by molar-refractivity contribution is 5.92. The molecule has 1 aliphatic heterocycles. The van der Waals surface area contributed by atoms with E-state index in [0.29, 0.717) is 5.92 Å². The van der Waals surface area contributed by atoms with Gasteiger partial charge in [-0.3, -0.25) is 4.99 Å². The normalized spacial score (nSPS) is 21.7. The molecule has 0 saturated heterocycles. The van der Waals surface area contributed by atoms with Crippen molar-refractivity contribution in [3.63, 3.8) is 0 Å². The van der Waals surface area contributed by atoms with E-state index in [0.717, 1.165) is 6.42 Å². The molecule has 0 radical (unpaired) electrons. The Balaban J connectivity index is 2.37. The van der Waals surface area contributed by atoms with E-state index in [1.807, 2.05) is 6.21 Å². The second kappa shape index (κ2) is 2.74. The van der Waals surface area contributed by atoms with Crippen molar-refractivity contribution in [2.45, 2.75) is 20.3 Å². The van der Waals surface area contributed by atoms with Crippen LogP contribution in [-0.2, 0) is 0 Å². The van der Waals surface area contributed by atoms with Crippen LogP contribution in [0.1, 0.15) is 20.3 Å². The molecule has 2 rings (SSSR count). The molecule has 0 saturated carbocycles. The molecule has 0 bridgehead atoms. The van der Waals surface area contributed by atoms with E-state index in [2.05, 4.69) is 37.1 Å². The number of hydrogen-bond acceptors (Lipinski definition) is 1. The van der Waals surface area contributed by atoms with Crippen molar-refractivity contribution in [2.75, 3.05) is 0 Å². The summed E-state index contributed by atoms with van der Waals surface area (Å²) in [5, 5.41) is 0. The molecule has 0 aromatic carbocycles. The summed E-state index contributed by atoms with van der Waals surface area (Å²) in [6.07, 6.45) is 9.50. The number of fused-ring (bicyclic) bond motifs is 1. The molecule has 1 aliphatic carbocycles. The second-order valence-electron chi connectivity index (χ2n) is 3.35. The molecule has 62 valence electrons. The second-order valence-corrected chi connectivity index (χ2v) is 3.35. The quantitative estimate of drug-likeness (QED) is 0.587. The summed E-state index contributed by atoms with van der Waals surface area (Å²) in [6, 6.07) is 0. The predicted molar refractivity (Wildman–Crippen MR) is 52.2 cm³/mol. The Labute approximate surface area is 73.2 Å². The Morgan fingerprint density at radius 2 is 2.33 bits per heavy atom. The molecule has 1 nitrogen and oxygen atoms in total. The number of allylic oxidation sites excluding steroid dienone is 6. The van der Waals surface area contributed by atoms with Crippen LogP contribution in [0.15, 0.2) is 40.1 Å². The molecule has 0 spiro atoms. The molecule has 0 amide bonds. The van der Waals surface area contributed by atoms with Crippen LogP contribution in [0.2, 0.25) is 0 Å². The maximum atomic E-state index is 4.43. The average molecular weight is 159 g/mol. The third-order valence-corrected chi connectivity index (χ3v) is 2.55. The minimum absolute atomic E-state index is 0.588. The first kappa shape index (κ1) is 7.53. The van der Waals surface area contributed by atoms with Gasteiger partial charge in [0.2, 0.25) is 0 Å². The zero-order chi connectivity index (χ0) is 8.55. The van der Waals surface area contributed by atoms with Gasteiger partial charge < -0.3 is 0 Å². The van der Waals surface area contributed by atoms with Crippen LogP contribution in [0.4, 0.5) is 0 Å². The highest BCUT2D eigenvalue weighted by Gasteiger charge is 2.19. The minimum atomic E-state index is 0.588. The first-order chi connectivity index (χ1) is 5.83. The number of hydrogen-bond donors (Lipinski definition) is 0. The highest BCUT2D eigenvalue weighted by Crippen LogP contribution is 2.31. The Kier molecular flexibility index (Phi) is 1.72. The van der Waals surface area contributed by atoms with Crippen LogP contribution in [0.3, 0.4) is 0 Å². The van der Waals surface area contributed by atoms with Crippen molar-refractivity contribution >= 4 is 6.21 Å². The summed E-state index contributed by atoms with van der Waals surface area (Å²) >= 11 is 0. The summed E-state index contributed by atoms with van der Waals surface area (Å²) in [7, 11) is 0. The van der Waals surface area contributed by atoms with Crippen LogP contribution >= 0.6 is 0 Å². The van der Waals surface area contributed by atoms with E-state index in [1.54, 1.807) is 0 Å². The molecule has 0 fully saturated rings. The fourth-order valence-electron chi connectivity index (χ4n) is 1.57. The minimum Gasteiger partial charge on any atom is -0.260 e. The van der Waals surface area contributed by atoms with Crippen LogP contribution in [0, 0.1) is 5.92 Å². The third-order valence-electron chi connectivity index (χ3n) is 2.55. The lowest BCUT2D eigenvalue weighted by Crippen LogP contribution is -1.95. The van der Waals surface area contributed by atoms with Crippen molar-refractivity contribution in [1.29, 1.82) is 0 Å². The zero-order valence-electron chi connectivity index (χ0n) is 7.54. The van der Waals surface area contributed by atoms with Gasteiger partial charge in [-0.1, -0.05) is 32.1 Å². The molecule has 0 aromatic heterocycles. The summed E-state index contributed by atoms with van der Waals surface area (Å²) in [4.78, 5) is 4.43. The van der Waals surface area contributed by atoms with Gasteiger partial charge in [-0.25, -0.2) is 0 Å². The highest BCUT2D eigenvalue weighted by atomic mass is 14.8. The molecule has 1 heteroatoms. The van der Waals surface area contributed by atoms with Gasteiger partial charge in [0.1, 0.15) is 0 Å². The molecule has 2 aliphatic rings. The van der Waals surface area contributed by atoms with Crippen LogP contribution in [0.25, 0.3) is 0 Å². The predicted octanol–water partition coefficient (Wildman–Crippen LogP) is 2.87. The van der Waals surface area contributed by atoms with Gasteiger partial charge in [0.15, 0.2) is 0 Å². The van der Waals surface area contributed by atoms with Crippen molar-refractivity contribution in [3.05, 3.63) is 35.1 Å². The van der Waals surface area contributed by atoms with Gasteiger partial charge in [-0.05, 0) is 12.3 Å². The van der Waals surface area contributed by atoms with Gasteiger partial charge in [-0.15, -0.1) is 0 Å². The molecular formula is C11H13N. The van der Waals surface area contributed by atoms with Gasteiger partial charge in [0.25, 0.3) is 0 Å². The Morgan fingerprint density at radius 1 is 1.50 bits per heavy atom. The monoisotopic (exact) mass is 159 g/mol. The summed E-state index contributed by atoms with van der Waals surface area (Å²) < 4.78 is 0. The van der Waals surface area contributed by atoms with Crippen LogP contribution in [-0.4, -0.2) is 6.21 Å². The third kappa shape index (κ3) is 0.970. The Morgan fingerprint density at radius 3 is 3.08 bits per heavy atom. The van der Waals surface area contributed by atoms with Crippen molar-refractivity contribution in [2.24, 2.45) is 10.9 Å². The first-order valence-electron chi connectivity index (χ1n) is 4.50. The summed E-state index contributed by atoms with van der Waals surface area (Å²) in [5.74, 6) is 0.588. The number of rotatable bonds is 2. The molecule has 0 N–H and O–H groups in total. The molecule has 1 heterocycles. The maximum absolute atomic E-state index is 4.43. The van der Waals surface area contributed by atoms with Gasteiger partial charge in [0.05, 0.1) is 5.70 Å². The van der Waals surface area contributed by atoms with E-state index in [4.69, 9.17) is 0 Å². The van der Waals surface area contributed by atoms with E-state index in [1.165, 1.54) is 16.8 Å². The van der Waals surface area contributed by atoms with Crippen LogP contribution < -0.4 is 0 Å². The lowest BCUT2D eigenvalue weighted by atomic mass is 10.00. The average Bonchev–Trinajstić information content (AvgIpc) is 2.62. The smallest absolute Gasteiger partial charge is 0.0510 e. The molecule has 12 heavy (non-hydrogen) atoms. The maximum Gasteiger partial charge on any atom is 0.0510 e. The lowest BCUT2D eigenvalue weighted by Gasteiger charge is -2.07. The fourth-order valence-corrected chi connectivity index (χ4v) is 1.57. The first-order valence-corrected chi connectivity index (χ1v) is 4.50. The standard InChI is InChI=1S/C11H13N/c1-3-8(2)11-10-6-4-5-9(10)7-12-11/h4-8H,3H2,1-2H3. The van der Waals surface area contributed by atoms with E-state index in [-0.39, 0.29) is 0 Å². The van der Waals surface area contributed by atoms with E-state index >= 15 is 0 Å². The molecule has 1 atom stereocenters. The Hall–Kier alpha value is -1.11. The van der Waals surface area contributed by atoms with Crippen molar-refractivity contribution < 1.29 is 0 Å². The molecule has 0 aromatic rings. The van der Waals surface area contributed by atoms with Gasteiger partial charge in [0, 0.05) is 17.4 Å². The van der Waals surface area contributed by atoms with E-state index < -0.39 is 0 Å². The molecule has 1 unspecified atom stereocenters. The molecular weight excluding hydrogens is 146 g/mol. The van der Waals surface area contributed by atoms with Gasteiger partial charge >= 0.3 is 0 Å². The SMILES string of the molecule is CCC(C)C1=C2C=CC=C2C=N1. The van der Waals surface area contributed by atoms with E-state index in [9.17, 15) is 0 Å². The summed E-state index contributed by atoms with van der Waals surface area (Å²) in [6.45, 7) is 4.43. The topological polar surface area (TPSA) is 12.4 Å². The summed E-state index contributed by atoms with van der Waals surface area (Å²) in [5.41, 5.74) is 3.88. The largest absolute Gasteiger partial charge is 0.260 e. The fraction of sp³-hybridized carbons (Fsp3) is 0.364. The Bertz CT molecular complexity index is 316. The number of nitrogens with zero attached hydrogens (tertiary/aromatic N) is 1. The number of aliphatic imine (C=N–C) groups is 1.